The predicted molar refractivity (Wildman–Crippen MR) is 50.2 cm³/mol. The van der Waals surface area contributed by atoms with Crippen LogP contribution < -0.4 is 5.73 Å². The van der Waals surface area contributed by atoms with E-state index in [0.29, 0.717) is 6.07 Å². The van der Waals surface area contributed by atoms with Gasteiger partial charge in [-0.25, -0.2) is 4.39 Å². The van der Waals surface area contributed by atoms with Gasteiger partial charge in [0.05, 0.1) is 16.8 Å². The number of anilines is 1. The molecule has 0 aliphatic heterocycles. The molecule has 106 valence electrons. The normalized spacial score (nSPS) is 11.8. The van der Waals surface area contributed by atoms with E-state index in [1.807, 2.05) is 0 Å². The van der Waals surface area contributed by atoms with Crippen LogP contribution in [0.4, 0.5) is 36.4 Å². The fraction of sp³-hybridized carbons (Fsp3) is 0.200. The average Bonchev–Trinajstić information content (AvgIpc) is 2.25. The van der Waals surface area contributed by atoms with Crippen molar-refractivity contribution in [3.8, 4) is 12.1 Å². The van der Waals surface area contributed by atoms with Crippen LogP contribution in [0.3, 0.4) is 0 Å². The summed E-state index contributed by atoms with van der Waals surface area (Å²) < 4.78 is 89.5. The van der Waals surface area contributed by atoms with Crippen molar-refractivity contribution in [3.05, 3.63) is 28.1 Å². The number of benzene rings is 1. The molecule has 2 N–H and O–H groups in total. The molecule has 10 heteroatoms. The van der Waals surface area contributed by atoms with Gasteiger partial charge in [-0.3, -0.25) is 0 Å². The quantitative estimate of drug-likeness (QED) is 0.590. The summed E-state index contributed by atoms with van der Waals surface area (Å²) in [6, 6.07) is 1.59. The second-order valence-electron chi connectivity index (χ2n) is 3.45. The molecular weight excluding hydrogens is 295 g/mol. The van der Waals surface area contributed by atoms with E-state index in [4.69, 9.17) is 16.3 Å². The van der Waals surface area contributed by atoms with Crippen molar-refractivity contribution >= 4 is 5.69 Å². The molecular formula is C10H2F7N3. The van der Waals surface area contributed by atoms with Gasteiger partial charge >= 0.3 is 12.4 Å². The summed E-state index contributed by atoms with van der Waals surface area (Å²) >= 11 is 0. The van der Waals surface area contributed by atoms with Crippen molar-refractivity contribution in [1.82, 2.24) is 0 Å². The van der Waals surface area contributed by atoms with Gasteiger partial charge in [0.25, 0.3) is 0 Å². The Morgan fingerprint density at radius 1 is 0.800 bits per heavy atom. The van der Waals surface area contributed by atoms with Crippen molar-refractivity contribution in [1.29, 1.82) is 10.5 Å². The first-order valence-corrected chi connectivity index (χ1v) is 4.56. The number of nitrogens with two attached hydrogens (primary N) is 1. The van der Waals surface area contributed by atoms with E-state index in [1.54, 1.807) is 0 Å². The lowest BCUT2D eigenvalue weighted by molar-refractivity contribution is -0.161. The van der Waals surface area contributed by atoms with Crippen LogP contribution in [-0.2, 0) is 12.4 Å². The van der Waals surface area contributed by atoms with E-state index in [-0.39, 0.29) is 0 Å². The number of nitriles is 2. The van der Waals surface area contributed by atoms with Crippen molar-refractivity contribution in [2.45, 2.75) is 12.4 Å². The molecule has 0 aromatic heterocycles. The van der Waals surface area contributed by atoms with E-state index in [9.17, 15) is 30.7 Å². The minimum Gasteiger partial charge on any atom is -0.397 e. The van der Waals surface area contributed by atoms with Crippen LogP contribution in [-0.4, -0.2) is 0 Å². The van der Waals surface area contributed by atoms with Crippen LogP contribution in [0.5, 0.6) is 0 Å². The first-order valence-electron chi connectivity index (χ1n) is 4.56. The Kier molecular flexibility index (Phi) is 3.55. The molecule has 0 aliphatic rings. The highest BCUT2D eigenvalue weighted by Crippen LogP contribution is 2.46. The second-order valence-corrected chi connectivity index (χ2v) is 3.45. The lowest BCUT2D eigenvalue weighted by atomic mass is 9.94. The van der Waals surface area contributed by atoms with Crippen LogP contribution in [0, 0.1) is 28.5 Å². The maximum Gasteiger partial charge on any atom is 0.419 e. The molecule has 20 heavy (non-hydrogen) atoms. The molecule has 1 rings (SSSR count). The van der Waals surface area contributed by atoms with Crippen molar-refractivity contribution < 1.29 is 30.7 Å². The molecule has 0 heterocycles. The molecule has 1 aromatic rings. The highest BCUT2D eigenvalue weighted by molar-refractivity contribution is 5.68. The summed E-state index contributed by atoms with van der Waals surface area (Å²) in [5.41, 5.74) is -5.26. The van der Waals surface area contributed by atoms with Gasteiger partial charge in [0, 0.05) is 0 Å². The number of rotatable bonds is 0. The lowest BCUT2D eigenvalue weighted by Crippen LogP contribution is -2.22. The molecule has 0 saturated carbocycles. The fourth-order valence-corrected chi connectivity index (χ4v) is 1.53. The van der Waals surface area contributed by atoms with Crippen LogP contribution in [0.15, 0.2) is 0 Å². The fourth-order valence-electron chi connectivity index (χ4n) is 1.53. The number of nitrogens with zero attached hydrogens (tertiary/aromatic N) is 2. The molecule has 0 amide bonds. The zero-order valence-electron chi connectivity index (χ0n) is 9.12. The Labute approximate surface area is 106 Å². The van der Waals surface area contributed by atoms with Gasteiger partial charge < -0.3 is 5.73 Å². The SMILES string of the molecule is N#Cc1c(N)c(C(F)(F)F)c(C(F)(F)F)c(C#N)c1F. The maximum absolute atomic E-state index is 13.5. The molecule has 0 bridgehead atoms. The first kappa shape index (κ1) is 15.6. The Morgan fingerprint density at radius 3 is 1.50 bits per heavy atom. The van der Waals surface area contributed by atoms with E-state index in [1.165, 1.54) is 0 Å². The highest BCUT2D eigenvalue weighted by Gasteiger charge is 2.49. The van der Waals surface area contributed by atoms with E-state index in [0.717, 1.165) is 6.07 Å². The number of halogens is 7. The van der Waals surface area contributed by atoms with E-state index in [2.05, 4.69) is 0 Å². The van der Waals surface area contributed by atoms with Gasteiger partial charge in [-0.1, -0.05) is 0 Å². The Morgan fingerprint density at radius 2 is 1.20 bits per heavy atom. The molecule has 0 saturated heterocycles. The minimum absolute atomic E-state index is 0.683. The molecule has 0 atom stereocenters. The third-order valence-electron chi connectivity index (χ3n) is 2.27. The predicted octanol–water partition coefficient (Wildman–Crippen LogP) is 3.19. The molecule has 0 aliphatic carbocycles. The van der Waals surface area contributed by atoms with Crippen LogP contribution in [0.1, 0.15) is 22.3 Å². The summed E-state index contributed by atoms with van der Waals surface area (Å²) in [5.74, 6) is -2.03. The van der Waals surface area contributed by atoms with Crippen molar-refractivity contribution in [2.24, 2.45) is 0 Å². The van der Waals surface area contributed by atoms with Crippen LogP contribution in [0.2, 0.25) is 0 Å². The summed E-state index contributed by atoms with van der Waals surface area (Å²) in [4.78, 5) is 0. The summed E-state index contributed by atoms with van der Waals surface area (Å²) in [6.07, 6.45) is -11.3. The van der Waals surface area contributed by atoms with Crippen molar-refractivity contribution in [3.63, 3.8) is 0 Å². The zero-order valence-corrected chi connectivity index (χ0v) is 9.12. The summed E-state index contributed by atoms with van der Waals surface area (Å²) in [6.45, 7) is 0. The largest absolute Gasteiger partial charge is 0.419 e. The van der Waals surface area contributed by atoms with E-state index < -0.39 is 46.1 Å². The molecule has 0 unspecified atom stereocenters. The number of alkyl halides is 6. The number of nitrogen functional groups attached to an aromatic ring is 1. The third kappa shape index (κ3) is 2.32. The van der Waals surface area contributed by atoms with Gasteiger partial charge in [0.15, 0.2) is 5.82 Å². The lowest BCUT2D eigenvalue weighted by Gasteiger charge is -2.20. The smallest absolute Gasteiger partial charge is 0.397 e. The van der Waals surface area contributed by atoms with Gasteiger partial charge in [0.1, 0.15) is 23.3 Å². The van der Waals surface area contributed by atoms with Gasteiger partial charge in [-0.05, 0) is 0 Å². The zero-order chi connectivity index (χ0) is 15.9. The Balaban J connectivity index is 4.12. The van der Waals surface area contributed by atoms with E-state index >= 15 is 0 Å². The standard InChI is InChI=1S/C10H2F7N3/c11-7-3(1-18)5(9(12,13)14)6(10(15,16)17)8(20)4(7)2-19/h20H2. The molecule has 3 nitrogen and oxygen atoms in total. The summed E-state index contributed by atoms with van der Waals surface area (Å²) in [7, 11) is 0. The van der Waals surface area contributed by atoms with Gasteiger partial charge in [-0.15, -0.1) is 0 Å². The molecule has 0 radical (unpaired) electrons. The Bertz CT molecular complexity index is 644. The number of hydrogen-bond donors (Lipinski definition) is 1. The third-order valence-corrected chi connectivity index (χ3v) is 2.27. The molecule has 0 fully saturated rings. The maximum atomic E-state index is 13.5. The van der Waals surface area contributed by atoms with Gasteiger partial charge in [0.2, 0.25) is 0 Å². The van der Waals surface area contributed by atoms with Crippen molar-refractivity contribution in [2.75, 3.05) is 5.73 Å². The Hall–Kier alpha value is -2.49. The second kappa shape index (κ2) is 4.56. The number of hydrogen-bond acceptors (Lipinski definition) is 3. The topological polar surface area (TPSA) is 73.6 Å². The monoisotopic (exact) mass is 297 g/mol. The highest BCUT2D eigenvalue weighted by atomic mass is 19.4. The summed E-state index contributed by atoms with van der Waals surface area (Å²) in [5, 5.41) is 16.9. The van der Waals surface area contributed by atoms with Crippen LogP contribution >= 0.6 is 0 Å². The molecule has 1 aromatic carbocycles. The van der Waals surface area contributed by atoms with Crippen LogP contribution in [0.25, 0.3) is 0 Å². The first-order chi connectivity index (χ1) is 8.96. The van der Waals surface area contributed by atoms with Gasteiger partial charge in [-0.2, -0.15) is 36.9 Å². The molecule has 0 spiro atoms. The average molecular weight is 297 g/mol. The minimum atomic E-state index is -5.67.